The quantitative estimate of drug-likeness (QED) is 0.296. The van der Waals surface area contributed by atoms with Crippen molar-refractivity contribution in [3.8, 4) is 11.5 Å². The van der Waals surface area contributed by atoms with Crippen molar-refractivity contribution in [3.05, 3.63) is 80.9 Å². The molecule has 3 aromatic rings. The standard InChI is InChI=1S/C20H17ClFN5O5/c1-31-19-6-13(2-5-18(19)32-12-14-3-4-15(22)7-17(14)21)8-23-25-20(28)11-26-10-16(9-24-26)27(29)30/h2-10H,11-12H2,1H3,(H,25,28)/b23-8+. The number of nitrogens with one attached hydrogen (secondary N) is 1. The second kappa shape index (κ2) is 10.4. The molecule has 10 nitrogen and oxygen atoms in total. The molecule has 0 radical (unpaired) electrons. The first-order chi connectivity index (χ1) is 15.4. The van der Waals surface area contributed by atoms with Gasteiger partial charge in [0, 0.05) is 5.56 Å². The number of carbonyl (C=O) groups is 1. The number of halogens is 2. The van der Waals surface area contributed by atoms with E-state index in [9.17, 15) is 19.3 Å². The summed E-state index contributed by atoms with van der Waals surface area (Å²) < 4.78 is 25.3. The number of carbonyl (C=O) groups excluding carboxylic acids is 1. The van der Waals surface area contributed by atoms with Crippen LogP contribution in [0.2, 0.25) is 5.02 Å². The van der Waals surface area contributed by atoms with E-state index in [0.717, 1.165) is 17.1 Å². The van der Waals surface area contributed by atoms with Gasteiger partial charge in [0.1, 0.15) is 31.4 Å². The predicted molar refractivity (Wildman–Crippen MR) is 113 cm³/mol. The van der Waals surface area contributed by atoms with E-state index >= 15 is 0 Å². The number of ether oxygens (including phenoxy) is 2. The minimum absolute atomic E-state index is 0.116. The van der Waals surface area contributed by atoms with E-state index in [0.29, 0.717) is 22.6 Å². The van der Waals surface area contributed by atoms with Gasteiger partial charge < -0.3 is 9.47 Å². The average Bonchev–Trinajstić information content (AvgIpc) is 3.22. The molecular weight excluding hydrogens is 445 g/mol. The van der Waals surface area contributed by atoms with Crippen LogP contribution < -0.4 is 14.9 Å². The minimum Gasteiger partial charge on any atom is -0.493 e. The Hall–Kier alpha value is -3.99. The molecule has 0 saturated carbocycles. The Morgan fingerprint density at radius 1 is 1.34 bits per heavy atom. The Morgan fingerprint density at radius 2 is 2.16 bits per heavy atom. The molecule has 1 aromatic heterocycles. The van der Waals surface area contributed by atoms with Crippen LogP contribution in [0.3, 0.4) is 0 Å². The van der Waals surface area contributed by atoms with Gasteiger partial charge in [-0.3, -0.25) is 19.6 Å². The van der Waals surface area contributed by atoms with Crippen molar-refractivity contribution in [2.45, 2.75) is 13.2 Å². The Bertz CT molecular complexity index is 1170. The topological polar surface area (TPSA) is 121 Å². The summed E-state index contributed by atoms with van der Waals surface area (Å²) in [5.41, 5.74) is 3.33. The maximum atomic E-state index is 13.2. The van der Waals surface area contributed by atoms with Crippen LogP contribution in [0, 0.1) is 15.9 Å². The number of nitrogens with zero attached hydrogens (tertiary/aromatic N) is 4. The van der Waals surface area contributed by atoms with Gasteiger partial charge in [-0.2, -0.15) is 10.2 Å². The first-order valence-electron chi connectivity index (χ1n) is 9.09. The monoisotopic (exact) mass is 461 g/mol. The molecule has 0 aliphatic rings. The van der Waals surface area contributed by atoms with Crippen LogP contribution in [0.5, 0.6) is 11.5 Å². The molecule has 1 N–H and O–H groups in total. The van der Waals surface area contributed by atoms with Gasteiger partial charge in [0.2, 0.25) is 0 Å². The maximum absolute atomic E-state index is 13.2. The predicted octanol–water partition coefficient (Wildman–Crippen LogP) is 3.32. The summed E-state index contributed by atoms with van der Waals surface area (Å²) in [5.74, 6) is -0.0861. The molecule has 166 valence electrons. The summed E-state index contributed by atoms with van der Waals surface area (Å²) in [6.45, 7) is -0.113. The lowest BCUT2D eigenvalue weighted by atomic mass is 10.2. The van der Waals surface area contributed by atoms with Crippen molar-refractivity contribution in [1.29, 1.82) is 0 Å². The van der Waals surface area contributed by atoms with Gasteiger partial charge in [-0.25, -0.2) is 9.82 Å². The fourth-order valence-electron chi connectivity index (χ4n) is 2.57. The Kier molecular flexibility index (Phi) is 7.34. The molecule has 12 heteroatoms. The number of hydrogen-bond donors (Lipinski definition) is 1. The van der Waals surface area contributed by atoms with E-state index in [1.54, 1.807) is 18.2 Å². The third-order valence-electron chi connectivity index (χ3n) is 4.12. The highest BCUT2D eigenvalue weighted by Crippen LogP contribution is 2.29. The van der Waals surface area contributed by atoms with E-state index in [1.165, 1.54) is 31.5 Å². The SMILES string of the molecule is COc1cc(/C=N/NC(=O)Cn2cc([N+](=O)[O-])cn2)ccc1OCc1ccc(F)cc1Cl. The Morgan fingerprint density at radius 3 is 2.84 bits per heavy atom. The lowest BCUT2D eigenvalue weighted by Gasteiger charge is -2.12. The summed E-state index contributed by atoms with van der Waals surface area (Å²) in [6.07, 6.45) is 3.59. The van der Waals surface area contributed by atoms with Gasteiger partial charge in [0.05, 0.1) is 23.3 Å². The van der Waals surface area contributed by atoms with Crippen molar-refractivity contribution >= 4 is 29.4 Å². The lowest BCUT2D eigenvalue weighted by Crippen LogP contribution is -2.23. The summed E-state index contributed by atoms with van der Waals surface area (Å²) in [4.78, 5) is 21.9. The summed E-state index contributed by atoms with van der Waals surface area (Å²) in [6, 6.07) is 9.03. The van der Waals surface area contributed by atoms with Gasteiger partial charge >= 0.3 is 5.69 Å². The number of hydrazone groups is 1. The second-order valence-electron chi connectivity index (χ2n) is 6.38. The molecule has 1 heterocycles. The van der Waals surface area contributed by atoms with Crippen LogP contribution in [0.15, 0.2) is 53.9 Å². The molecule has 0 aliphatic carbocycles. The molecule has 0 saturated heterocycles. The summed E-state index contributed by atoms with van der Waals surface area (Å²) >= 11 is 6.01. The molecule has 0 spiro atoms. The largest absolute Gasteiger partial charge is 0.493 e. The molecule has 0 atom stereocenters. The van der Waals surface area contributed by atoms with Crippen molar-refractivity contribution in [2.75, 3.05) is 7.11 Å². The molecule has 0 fully saturated rings. The third-order valence-corrected chi connectivity index (χ3v) is 4.48. The molecular formula is C20H17ClFN5O5. The van der Waals surface area contributed by atoms with Crippen LogP contribution in [-0.2, 0) is 17.9 Å². The molecule has 0 bridgehead atoms. The molecule has 1 amide bonds. The van der Waals surface area contributed by atoms with Crippen molar-refractivity contribution in [2.24, 2.45) is 5.10 Å². The van der Waals surface area contributed by atoms with Gasteiger partial charge in [0.25, 0.3) is 5.91 Å². The highest BCUT2D eigenvalue weighted by molar-refractivity contribution is 6.31. The average molecular weight is 462 g/mol. The smallest absolute Gasteiger partial charge is 0.307 e. The number of hydrogen-bond acceptors (Lipinski definition) is 7. The van der Waals surface area contributed by atoms with Crippen molar-refractivity contribution < 1.29 is 23.6 Å². The number of benzene rings is 2. The number of amides is 1. The minimum atomic E-state index is -0.603. The zero-order valence-electron chi connectivity index (χ0n) is 16.7. The fraction of sp³-hybridized carbons (Fsp3) is 0.150. The Labute approximate surface area is 186 Å². The van der Waals surface area contributed by atoms with E-state index in [2.05, 4.69) is 15.6 Å². The molecule has 0 unspecified atom stereocenters. The highest BCUT2D eigenvalue weighted by Gasteiger charge is 2.11. The van der Waals surface area contributed by atoms with E-state index in [1.807, 2.05) is 0 Å². The van der Waals surface area contributed by atoms with Crippen LogP contribution >= 0.6 is 11.6 Å². The third kappa shape index (κ3) is 6.01. The van der Waals surface area contributed by atoms with Gasteiger partial charge in [-0.05, 0) is 35.9 Å². The van der Waals surface area contributed by atoms with Crippen molar-refractivity contribution in [3.63, 3.8) is 0 Å². The van der Waals surface area contributed by atoms with E-state index < -0.39 is 16.6 Å². The second-order valence-corrected chi connectivity index (χ2v) is 6.79. The van der Waals surface area contributed by atoms with Gasteiger partial charge in [0.15, 0.2) is 11.5 Å². The van der Waals surface area contributed by atoms with Crippen LogP contribution in [0.1, 0.15) is 11.1 Å². The Balaban J connectivity index is 1.57. The zero-order chi connectivity index (χ0) is 23.1. The van der Waals surface area contributed by atoms with Crippen LogP contribution in [0.25, 0.3) is 0 Å². The molecule has 2 aromatic carbocycles. The number of methoxy groups -OCH3 is 1. The summed E-state index contributed by atoms with van der Waals surface area (Å²) in [7, 11) is 1.47. The van der Waals surface area contributed by atoms with Gasteiger partial charge in [-0.1, -0.05) is 17.7 Å². The number of aromatic nitrogens is 2. The molecule has 0 aliphatic heterocycles. The highest BCUT2D eigenvalue weighted by atomic mass is 35.5. The van der Waals surface area contributed by atoms with Crippen LogP contribution in [0.4, 0.5) is 10.1 Å². The maximum Gasteiger partial charge on any atom is 0.307 e. The number of nitro groups is 1. The lowest BCUT2D eigenvalue weighted by molar-refractivity contribution is -0.385. The molecule has 3 rings (SSSR count). The van der Waals surface area contributed by atoms with Crippen molar-refractivity contribution in [1.82, 2.24) is 15.2 Å². The fourth-order valence-corrected chi connectivity index (χ4v) is 2.79. The van der Waals surface area contributed by atoms with E-state index in [-0.39, 0.29) is 23.9 Å². The summed E-state index contributed by atoms with van der Waals surface area (Å²) in [5, 5.41) is 18.5. The first-order valence-corrected chi connectivity index (χ1v) is 9.47. The first kappa shape index (κ1) is 22.7. The number of rotatable bonds is 9. The normalized spacial score (nSPS) is 10.8. The molecule has 32 heavy (non-hydrogen) atoms. The van der Waals surface area contributed by atoms with Gasteiger partial charge in [-0.15, -0.1) is 0 Å². The van der Waals surface area contributed by atoms with Crippen LogP contribution in [-0.4, -0.2) is 33.9 Å². The zero-order valence-corrected chi connectivity index (χ0v) is 17.5. The van der Waals surface area contributed by atoms with E-state index in [4.69, 9.17) is 21.1 Å².